The van der Waals surface area contributed by atoms with Gasteiger partial charge in [-0.3, -0.25) is 9.69 Å². The highest BCUT2D eigenvalue weighted by Gasteiger charge is 2.34. The Bertz CT molecular complexity index is 270. The molecule has 2 atom stereocenters. The highest BCUT2D eigenvalue weighted by Crippen LogP contribution is 2.23. The van der Waals surface area contributed by atoms with E-state index in [1.54, 1.807) is 0 Å². The Hall–Kier alpha value is -0.570. The monoisotopic (exact) mass is 255 g/mol. The molecule has 106 valence electrons. The van der Waals surface area contributed by atoms with Crippen molar-refractivity contribution in [1.29, 1.82) is 0 Å². The summed E-state index contributed by atoms with van der Waals surface area (Å²) < 4.78 is 5.51. The van der Waals surface area contributed by atoms with Gasteiger partial charge in [-0.15, -0.1) is 0 Å². The van der Waals surface area contributed by atoms with Gasteiger partial charge in [-0.1, -0.05) is 20.3 Å². The van der Waals surface area contributed by atoms with E-state index in [0.717, 1.165) is 25.9 Å². The molecule has 0 aromatic rings. The van der Waals surface area contributed by atoms with E-state index < -0.39 is 0 Å². The van der Waals surface area contributed by atoms with Crippen LogP contribution >= 0.6 is 0 Å². The van der Waals surface area contributed by atoms with E-state index in [2.05, 4.69) is 18.7 Å². The third-order valence-electron chi connectivity index (χ3n) is 3.37. The summed E-state index contributed by atoms with van der Waals surface area (Å²) in [5, 5.41) is 0. The van der Waals surface area contributed by atoms with Gasteiger partial charge in [-0.05, 0) is 52.5 Å². The summed E-state index contributed by atoms with van der Waals surface area (Å²) in [5.74, 6) is 0.627. The van der Waals surface area contributed by atoms with Gasteiger partial charge in [0, 0.05) is 6.54 Å². The molecule has 1 heterocycles. The second-order valence-corrected chi connectivity index (χ2v) is 6.58. The topological polar surface area (TPSA) is 29.5 Å². The summed E-state index contributed by atoms with van der Waals surface area (Å²) in [5.41, 5.74) is -0.375. The van der Waals surface area contributed by atoms with Crippen molar-refractivity contribution in [2.24, 2.45) is 5.92 Å². The Morgan fingerprint density at radius 3 is 2.67 bits per heavy atom. The number of likely N-dealkylation sites (tertiary alicyclic amines) is 1. The van der Waals surface area contributed by atoms with Crippen LogP contribution in [0.4, 0.5) is 0 Å². The lowest BCUT2D eigenvalue weighted by atomic mass is 10.1. The molecule has 0 aliphatic carbocycles. The van der Waals surface area contributed by atoms with Crippen LogP contribution in [0, 0.1) is 5.92 Å². The summed E-state index contributed by atoms with van der Waals surface area (Å²) in [7, 11) is 0. The molecular weight excluding hydrogens is 226 g/mol. The number of carbonyl (C=O) groups excluding carboxylic acids is 1. The second-order valence-electron chi connectivity index (χ2n) is 6.58. The van der Waals surface area contributed by atoms with Gasteiger partial charge in [-0.2, -0.15) is 0 Å². The molecule has 0 radical (unpaired) electrons. The zero-order valence-electron chi connectivity index (χ0n) is 12.7. The first-order valence-electron chi connectivity index (χ1n) is 7.30. The molecule has 1 rings (SSSR count). The molecular formula is C15H29NO2. The molecule has 1 saturated heterocycles. The fourth-order valence-electron chi connectivity index (χ4n) is 2.67. The van der Waals surface area contributed by atoms with Crippen LogP contribution in [0.3, 0.4) is 0 Å². The van der Waals surface area contributed by atoms with Gasteiger partial charge < -0.3 is 4.74 Å². The number of nitrogens with zero attached hydrogens (tertiary/aromatic N) is 1. The Morgan fingerprint density at radius 1 is 1.44 bits per heavy atom. The zero-order valence-corrected chi connectivity index (χ0v) is 12.7. The molecule has 0 spiro atoms. The molecule has 0 N–H and O–H groups in total. The lowest BCUT2D eigenvalue weighted by Crippen LogP contribution is -2.42. The average molecular weight is 255 g/mol. The molecule has 1 unspecified atom stereocenters. The van der Waals surface area contributed by atoms with E-state index in [0.29, 0.717) is 5.92 Å². The largest absolute Gasteiger partial charge is 0.459 e. The maximum atomic E-state index is 12.1. The number of ether oxygens (including phenoxy) is 1. The molecule has 18 heavy (non-hydrogen) atoms. The first-order chi connectivity index (χ1) is 8.33. The molecule has 1 fully saturated rings. The van der Waals surface area contributed by atoms with E-state index >= 15 is 0 Å². The summed E-state index contributed by atoms with van der Waals surface area (Å²) in [4.78, 5) is 14.5. The quantitative estimate of drug-likeness (QED) is 0.706. The van der Waals surface area contributed by atoms with Gasteiger partial charge in [0.1, 0.15) is 11.6 Å². The highest BCUT2D eigenvalue weighted by atomic mass is 16.6. The number of carbonyl (C=O) groups is 1. The predicted octanol–water partition coefficient (Wildman–Crippen LogP) is 3.23. The van der Waals surface area contributed by atoms with Crippen LogP contribution < -0.4 is 0 Å². The first-order valence-corrected chi connectivity index (χ1v) is 7.30. The lowest BCUT2D eigenvalue weighted by Gasteiger charge is -2.29. The van der Waals surface area contributed by atoms with E-state index in [-0.39, 0.29) is 17.6 Å². The van der Waals surface area contributed by atoms with E-state index in [1.807, 2.05) is 20.8 Å². The van der Waals surface area contributed by atoms with Gasteiger partial charge in [0.2, 0.25) is 0 Å². The number of rotatable bonds is 5. The van der Waals surface area contributed by atoms with Crippen LogP contribution in [0.15, 0.2) is 0 Å². The van der Waals surface area contributed by atoms with Gasteiger partial charge in [0.25, 0.3) is 0 Å². The summed E-state index contributed by atoms with van der Waals surface area (Å²) in [6.07, 6.45) is 4.51. The van der Waals surface area contributed by atoms with Crippen LogP contribution in [-0.4, -0.2) is 35.6 Å². The Morgan fingerprint density at radius 2 is 2.11 bits per heavy atom. The molecule has 1 aliphatic heterocycles. The van der Waals surface area contributed by atoms with Crippen molar-refractivity contribution in [1.82, 2.24) is 4.90 Å². The van der Waals surface area contributed by atoms with Crippen molar-refractivity contribution >= 4 is 5.97 Å². The molecule has 0 aromatic heterocycles. The van der Waals surface area contributed by atoms with Crippen LogP contribution in [-0.2, 0) is 9.53 Å². The summed E-state index contributed by atoms with van der Waals surface area (Å²) in [6.45, 7) is 12.4. The van der Waals surface area contributed by atoms with E-state index in [1.165, 1.54) is 12.8 Å². The van der Waals surface area contributed by atoms with Crippen molar-refractivity contribution in [2.45, 2.75) is 71.9 Å². The predicted molar refractivity (Wildman–Crippen MR) is 74.5 cm³/mol. The normalized spacial score (nSPS) is 23.1. The molecule has 0 saturated carbocycles. The molecule has 3 heteroatoms. The number of esters is 1. The van der Waals surface area contributed by atoms with Crippen molar-refractivity contribution in [3.8, 4) is 0 Å². The van der Waals surface area contributed by atoms with Gasteiger partial charge in [0.05, 0.1) is 0 Å². The van der Waals surface area contributed by atoms with Crippen molar-refractivity contribution < 1.29 is 9.53 Å². The van der Waals surface area contributed by atoms with Crippen LogP contribution in [0.2, 0.25) is 0 Å². The van der Waals surface area contributed by atoms with E-state index in [4.69, 9.17) is 4.74 Å². The summed E-state index contributed by atoms with van der Waals surface area (Å²) >= 11 is 0. The standard InChI is InChI=1S/C15H29NO2/c1-6-8-12(2)11-16-10-7-9-13(16)14(17)18-15(3,4)5/h12-13H,6-11H2,1-5H3/t12?,13-/m0/s1. The van der Waals surface area contributed by atoms with E-state index in [9.17, 15) is 4.79 Å². The fraction of sp³-hybridized carbons (Fsp3) is 0.933. The SMILES string of the molecule is CCCC(C)CN1CCC[C@H]1C(=O)OC(C)(C)C. The lowest BCUT2D eigenvalue weighted by molar-refractivity contribution is -0.160. The Balaban J connectivity index is 2.51. The van der Waals surface area contributed by atoms with Gasteiger partial charge in [0.15, 0.2) is 0 Å². The van der Waals surface area contributed by atoms with Crippen molar-refractivity contribution in [3.05, 3.63) is 0 Å². The molecule has 1 aliphatic rings. The highest BCUT2D eigenvalue weighted by molar-refractivity contribution is 5.76. The van der Waals surface area contributed by atoms with Crippen LogP contribution in [0.5, 0.6) is 0 Å². The molecule has 0 amide bonds. The Kier molecular flexibility index (Phi) is 5.64. The van der Waals surface area contributed by atoms with Gasteiger partial charge >= 0.3 is 5.97 Å². The van der Waals surface area contributed by atoms with Crippen LogP contribution in [0.25, 0.3) is 0 Å². The van der Waals surface area contributed by atoms with Crippen molar-refractivity contribution in [2.75, 3.05) is 13.1 Å². The second kappa shape index (κ2) is 6.55. The third-order valence-corrected chi connectivity index (χ3v) is 3.37. The third kappa shape index (κ3) is 4.97. The Labute approximate surface area is 112 Å². The van der Waals surface area contributed by atoms with Gasteiger partial charge in [-0.25, -0.2) is 0 Å². The minimum absolute atomic E-state index is 0.0106. The number of hydrogen-bond donors (Lipinski definition) is 0. The van der Waals surface area contributed by atoms with Crippen molar-refractivity contribution in [3.63, 3.8) is 0 Å². The summed E-state index contributed by atoms with van der Waals surface area (Å²) in [6, 6.07) is -0.0106. The average Bonchev–Trinajstić information content (AvgIpc) is 2.63. The fourth-order valence-corrected chi connectivity index (χ4v) is 2.67. The number of hydrogen-bond acceptors (Lipinski definition) is 3. The molecule has 0 bridgehead atoms. The minimum Gasteiger partial charge on any atom is -0.459 e. The van der Waals surface area contributed by atoms with Crippen LogP contribution in [0.1, 0.15) is 60.3 Å². The first kappa shape index (κ1) is 15.5. The minimum atomic E-state index is -0.375. The smallest absolute Gasteiger partial charge is 0.323 e. The zero-order chi connectivity index (χ0) is 13.8. The molecule has 3 nitrogen and oxygen atoms in total. The maximum absolute atomic E-state index is 12.1. The molecule has 0 aromatic carbocycles. The maximum Gasteiger partial charge on any atom is 0.323 e.